The molecule has 35 heavy (non-hydrogen) atoms. The first-order chi connectivity index (χ1) is 16.8. The summed E-state index contributed by atoms with van der Waals surface area (Å²) >= 11 is 0. The first-order valence-corrected chi connectivity index (χ1v) is 12.1. The van der Waals surface area contributed by atoms with E-state index in [2.05, 4.69) is 5.32 Å². The highest BCUT2D eigenvalue weighted by atomic mass is 16.6. The lowest BCUT2D eigenvalue weighted by Crippen LogP contribution is -2.43. The zero-order chi connectivity index (χ0) is 25.5. The fraction of sp³-hybridized carbons (Fsp3) is 0.519. The van der Waals surface area contributed by atoms with Gasteiger partial charge in [-0.15, -0.1) is 0 Å². The SMILES string of the molecule is CCCOCCOC(=O)C1=C(C)NC2=C(C(=O)[C@@H](C(=O)OC)[C@@H](C)C2)[C@@H]1c1ccccc1OCC. The van der Waals surface area contributed by atoms with E-state index in [1.165, 1.54) is 7.11 Å². The molecule has 0 radical (unpaired) electrons. The molecule has 0 amide bonds. The number of carbonyl (C=O) groups excluding carboxylic acids is 3. The van der Waals surface area contributed by atoms with Gasteiger partial charge in [0.2, 0.25) is 0 Å². The maximum atomic E-state index is 13.8. The predicted molar refractivity (Wildman–Crippen MR) is 130 cm³/mol. The summed E-state index contributed by atoms with van der Waals surface area (Å²) in [5, 5.41) is 3.26. The van der Waals surface area contributed by atoms with Crippen molar-refractivity contribution in [1.82, 2.24) is 5.32 Å². The molecule has 1 heterocycles. The first kappa shape index (κ1) is 26.5. The van der Waals surface area contributed by atoms with Crippen LogP contribution in [0.1, 0.15) is 52.0 Å². The molecule has 0 bridgehead atoms. The Morgan fingerprint density at radius 1 is 1.11 bits per heavy atom. The van der Waals surface area contributed by atoms with Crippen LogP contribution in [-0.4, -0.2) is 51.3 Å². The molecule has 1 aliphatic carbocycles. The maximum Gasteiger partial charge on any atom is 0.336 e. The summed E-state index contributed by atoms with van der Waals surface area (Å²) in [7, 11) is 1.28. The number of dihydropyridines is 1. The number of benzene rings is 1. The first-order valence-electron chi connectivity index (χ1n) is 12.1. The van der Waals surface area contributed by atoms with E-state index in [4.69, 9.17) is 18.9 Å². The quantitative estimate of drug-likeness (QED) is 0.304. The number of para-hydroxylation sites is 1. The van der Waals surface area contributed by atoms with E-state index < -0.39 is 23.8 Å². The van der Waals surface area contributed by atoms with Gasteiger partial charge in [0.25, 0.3) is 0 Å². The average Bonchev–Trinajstić information content (AvgIpc) is 2.83. The highest BCUT2D eigenvalue weighted by Crippen LogP contribution is 2.47. The summed E-state index contributed by atoms with van der Waals surface area (Å²) in [6.07, 6.45) is 1.34. The second-order valence-corrected chi connectivity index (χ2v) is 8.75. The smallest absolute Gasteiger partial charge is 0.336 e. The molecule has 0 saturated carbocycles. The molecule has 1 aromatic rings. The van der Waals surface area contributed by atoms with Crippen LogP contribution in [0.25, 0.3) is 0 Å². The number of hydrogen-bond donors (Lipinski definition) is 1. The molecule has 0 saturated heterocycles. The molecule has 0 spiro atoms. The molecule has 1 aliphatic heterocycles. The Morgan fingerprint density at radius 2 is 1.86 bits per heavy atom. The Kier molecular flexibility index (Phi) is 9.09. The third kappa shape index (κ3) is 5.59. The van der Waals surface area contributed by atoms with Crippen LogP contribution in [0.3, 0.4) is 0 Å². The van der Waals surface area contributed by atoms with Crippen molar-refractivity contribution in [3.05, 3.63) is 52.4 Å². The Hall–Kier alpha value is -3.13. The van der Waals surface area contributed by atoms with E-state index in [0.29, 0.717) is 53.5 Å². The second-order valence-electron chi connectivity index (χ2n) is 8.75. The van der Waals surface area contributed by atoms with Crippen molar-refractivity contribution in [3.63, 3.8) is 0 Å². The number of allylic oxidation sites excluding steroid dienone is 3. The molecular weight excluding hydrogens is 450 g/mol. The molecule has 3 atom stereocenters. The zero-order valence-corrected chi connectivity index (χ0v) is 21.1. The number of ether oxygens (including phenoxy) is 4. The Morgan fingerprint density at radius 3 is 2.54 bits per heavy atom. The topological polar surface area (TPSA) is 100 Å². The normalized spacial score (nSPS) is 21.9. The van der Waals surface area contributed by atoms with Crippen LogP contribution in [0.15, 0.2) is 46.8 Å². The van der Waals surface area contributed by atoms with Gasteiger partial charge in [-0.25, -0.2) is 4.79 Å². The van der Waals surface area contributed by atoms with E-state index in [1.807, 2.05) is 45.0 Å². The second kappa shape index (κ2) is 12.0. The van der Waals surface area contributed by atoms with E-state index >= 15 is 0 Å². The minimum atomic E-state index is -0.944. The molecule has 3 rings (SSSR count). The van der Waals surface area contributed by atoms with Gasteiger partial charge in [0.05, 0.1) is 31.8 Å². The van der Waals surface area contributed by atoms with Gasteiger partial charge >= 0.3 is 11.9 Å². The van der Waals surface area contributed by atoms with Crippen LogP contribution in [-0.2, 0) is 28.6 Å². The number of Topliss-reactive ketones (excluding diaryl/α,β-unsaturated/α-hetero) is 1. The van der Waals surface area contributed by atoms with E-state index in [0.717, 1.165) is 6.42 Å². The number of methoxy groups -OCH3 is 1. The van der Waals surface area contributed by atoms with Gasteiger partial charge in [0.1, 0.15) is 18.3 Å². The average molecular weight is 486 g/mol. The van der Waals surface area contributed by atoms with Crippen molar-refractivity contribution in [2.45, 2.75) is 46.5 Å². The lowest BCUT2D eigenvalue weighted by atomic mass is 9.69. The van der Waals surface area contributed by atoms with Crippen molar-refractivity contribution in [2.24, 2.45) is 11.8 Å². The largest absolute Gasteiger partial charge is 0.494 e. The fourth-order valence-electron chi connectivity index (χ4n) is 4.79. The number of rotatable bonds is 10. The zero-order valence-electron chi connectivity index (χ0n) is 21.1. The molecule has 0 unspecified atom stereocenters. The monoisotopic (exact) mass is 485 g/mol. The van der Waals surface area contributed by atoms with Crippen LogP contribution in [0.4, 0.5) is 0 Å². The molecule has 8 heteroatoms. The minimum Gasteiger partial charge on any atom is -0.494 e. The lowest BCUT2D eigenvalue weighted by molar-refractivity contribution is -0.151. The summed E-state index contributed by atoms with van der Waals surface area (Å²) in [6.45, 7) is 8.91. The summed E-state index contributed by atoms with van der Waals surface area (Å²) in [6, 6.07) is 7.33. The van der Waals surface area contributed by atoms with Crippen molar-refractivity contribution in [1.29, 1.82) is 0 Å². The summed E-state index contributed by atoms with van der Waals surface area (Å²) < 4.78 is 21.8. The van der Waals surface area contributed by atoms with Gasteiger partial charge < -0.3 is 24.3 Å². The third-order valence-electron chi connectivity index (χ3n) is 6.30. The van der Waals surface area contributed by atoms with Crippen LogP contribution in [0.2, 0.25) is 0 Å². The van der Waals surface area contributed by atoms with Gasteiger partial charge in [-0.1, -0.05) is 32.0 Å². The van der Waals surface area contributed by atoms with E-state index in [-0.39, 0.29) is 24.9 Å². The standard InChI is InChI=1S/C27H35NO7/c1-6-12-33-13-14-35-27(31)22-17(4)28-19-15-16(3)21(26(30)32-5)25(29)24(19)23(22)18-10-8-9-11-20(18)34-7-2/h8-11,16,21,23,28H,6-7,12-15H2,1-5H3/t16-,21-,23+/m0/s1. The van der Waals surface area contributed by atoms with Crippen LogP contribution < -0.4 is 10.1 Å². The van der Waals surface area contributed by atoms with Crippen molar-refractivity contribution < 1.29 is 33.3 Å². The lowest BCUT2D eigenvalue weighted by Gasteiger charge is -2.38. The molecule has 190 valence electrons. The van der Waals surface area contributed by atoms with Crippen molar-refractivity contribution in [3.8, 4) is 5.75 Å². The molecule has 2 aliphatic rings. The number of hydrogen-bond acceptors (Lipinski definition) is 8. The van der Waals surface area contributed by atoms with Gasteiger partial charge in [-0.3, -0.25) is 9.59 Å². The number of carbonyl (C=O) groups is 3. The van der Waals surface area contributed by atoms with Gasteiger partial charge in [-0.2, -0.15) is 0 Å². The van der Waals surface area contributed by atoms with Gasteiger partial charge in [0.15, 0.2) is 5.78 Å². The van der Waals surface area contributed by atoms with Crippen molar-refractivity contribution >= 4 is 17.7 Å². The Bertz CT molecular complexity index is 1030. The van der Waals surface area contributed by atoms with Gasteiger partial charge in [-0.05, 0) is 38.7 Å². The number of nitrogens with one attached hydrogen (secondary N) is 1. The highest BCUT2D eigenvalue weighted by Gasteiger charge is 2.47. The predicted octanol–water partition coefficient (Wildman–Crippen LogP) is 3.67. The fourth-order valence-corrected chi connectivity index (χ4v) is 4.79. The summed E-state index contributed by atoms with van der Waals surface area (Å²) in [5.41, 5.74) is 2.68. The highest BCUT2D eigenvalue weighted by molar-refractivity contribution is 6.12. The molecule has 0 fully saturated rings. The van der Waals surface area contributed by atoms with E-state index in [1.54, 1.807) is 6.92 Å². The number of esters is 2. The molecule has 0 aromatic heterocycles. The van der Waals surface area contributed by atoms with Crippen LogP contribution in [0.5, 0.6) is 5.75 Å². The van der Waals surface area contributed by atoms with E-state index in [9.17, 15) is 14.4 Å². The molecular formula is C27H35NO7. The van der Waals surface area contributed by atoms with Gasteiger partial charge in [0, 0.05) is 29.1 Å². The van der Waals surface area contributed by atoms with Crippen molar-refractivity contribution in [2.75, 3.05) is 33.5 Å². The Labute approximate surface area is 206 Å². The minimum absolute atomic E-state index is 0.0944. The molecule has 1 aromatic carbocycles. The molecule has 1 N–H and O–H groups in total. The summed E-state index contributed by atoms with van der Waals surface area (Å²) in [4.78, 5) is 39.7. The Balaban J connectivity index is 2.08. The summed E-state index contributed by atoms with van der Waals surface area (Å²) in [5.74, 6) is -2.84. The van der Waals surface area contributed by atoms with Crippen LogP contribution >= 0.6 is 0 Å². The van der Waals surface area contributed by atoms with Crippen LogP contribution in [0, 0.1) is 11.8 Å². The number of ketones is 1. The maximum absolute atomic E-state index is 13.8. The molecule has 8 nitrogen and oxygen atoms in total. The third-order valence-corrected chi connectivity index (χ3v) is 6.30.